The standard InChI is InChI=1S/C13H23O4/c1-3-16-12(14)10-8-6-5-7-9-11-13(15)17-4-2/h6H,3-5,7-11H2,1-2H3. The van der Waals surface area contributed by atoms with Gasteiger partial charge in [-0.25, -0.2) is 0 Å². The van der Waals surface area contributed by atoms with Crippen molar-refractivity contribution in [1.29, 1.82) is 0 Å². The third-order valence-corrected chi connectivity index (χ3v) is 2.20. The molecule has 0 aliphatic heterocycles. The number of carbonyl (C=O) groups is 2. The highest BCUT2D eigenvalue weighted by molar-refractivity contribution is 5.69. The summed E-state index contributed by atoms with van der Waals surface area (Å²) in [5.74, 6) is -0.269. The van der Waals surface area contributed by atoms with Gasteiger partial charge in [-0.3, -0.25) is 9.59 Å². The van der Waals surface area contributed by atoms with Gasteiger partial charge < -0.3 is 9.47 Å². The summed E-state index contributed by atoms with van der Waals surface area (Å²) < 4.78 is 9.63. The first-order valence-corrected chi connectivity index (χ1v) is 6.33. The molecule has 0 aromatic carbocycles. The molecule has 0 heterocycles. The highest BCUT2D eigenvalue weighted by atomic mass is 16.5. The molecule has 0 saturated heterocycles. The van der Waals surface area contributed by atoms with Crippen LogP contribution in [0.25, 0.3) is 0 Å². The molecule has 99 valence electrons. The molecule has 0 atom stereocenters. The molecule has 1 radical (unpaired) electrons. The van der Waals surface area contributed by atoms with Crippen molar-refractivity contribution in [2.45, 2.75) is 52.4 Å². The zero-order valence-corrected chi connectivity index (χ0v) is 10.9. The van der Waals surface area contributed by atoms with Crippen LogP contribution in [0, 0.1) is 6.42 Å². The van der Waals surface area contributed by atoms with Gasteiger partial charge in [-0.2, -0.15) is 0 Å². The summed E-state index contributed by atoms with van der Waals surface area (Å²) in [5.41, 5.74) is 0. The van der Waals surface area contributed by atoms with Gasteiger partial charge in [0.25, 0.3) is 0 Å². The lowest BCUT2D eigenvalue weighted by Crippen LogP contribution is -2.04. The molecule has 0 spiro atoms. The van der Waals surface area contributed by atoms with E-state index in [-0.39, 0.29) is 11.9 Å². The molecule has 4 nitrogen and oxygen atoms in total. The van der Waals surface area contributed by atoms with E-state index >= 15 is 0 Å². The number of carbonyl (C=O) groups excluding carboxylic acids is 2. The van der Waals surface area contributed by atoms with Crippen LogP contribution in [0.4, 0.5) is 0 Å². The van der Waals surface area contributed by atoms with Gasteiger partial charge in [0, 0.05) is 12.8 Å². The van der Waals surface area contributed by atoms with Gasteiger partial charge in [-0.1, -0.05) is 12.8 Å². The lowest BCUT2D eigenvalue weighted by atomic mass is 10.1. The Labute approximate surface area is 104 Å². The van der Waals surface area contributed by atoms with Crippen LogP contribution in [-0.4, -0.2) is 25.2 Å². The summed E-state index contributed by atoms with van der Waals surface area (Å²) in [7, 11) is 0. The first-order chi connectivity index (χ1) is 8.20. The van der Waals surface area contributed by atoms with Crippen LogP contribution < -0.4 is 0 Å². The van der Waals surface area contributed by atoms with Crippen molar-refractivity contribution in [3.8, 4) is 0 Å². The van der Waals surface area contributed by atoms with Gasteiger partial charge in [0.05, 0.1) is 13.2 Å². The minimum Gasteiger partial charge on any atom is -0.466 e. The normalized spacial score (nSPS) is 10.0. The molecule has 0 aromatic rings. The van der Waals surface area contributed by atoms with E-state index in [1.54, 1.807) is 13.8 Å². The van der Waals surface area contributed by atoms with Crippen molar-refractivity contribution in [2.75, 3.05) is 13.2 Å². The average molecular weight is 243 g/mol. The summed E-state index contributed by atoms with van der Waals surface area (Å²) in [6.45, 7) is 4.50. The first-order valence-electron chi connectivity index (χ1n) is 6.33. The number of unbranched alkanes of at least 4 members (excludes halogenated alkanes) is 4. The van der Waals surface area contributed by atoms with E-state index in [2.05, 4.69) is 6.42 Å². The number of rotatable bonds is 10. The molecule has 0 rings (SSSR count). The SMILES string of the molecule is CCOC(=O)CC[CH]CCCCC(=O)OCC. The topological polar surface area (TPSA) is 52.6 Å². The van der Waals surface area contributed by atoms with E-state index in [0.29, 0.717) is 26.1 Å². The molecule has 0 unspecified atom stereocenters. The highest BCUT2D eigenvalue weighted by Crippen LogP contribution is 2.07. The van der Waals surface area contributed by atoms with E-state index in [0.717, 1.165) is 25.7 Å². The van der Waals surface area contributed by atoms with Crippen molar-refractivity contribution in [2.24, 2.45) is 0 Å². The molecule has 4 heteroatoms. The molecular weight excluding hydrogens is 220 g/mol. The lowest BCUT2D eigenvalue weighted by Gasteiger charge is -2.02. The molecule has 17 heavy (non-hydrogen) atoms. The smallest absolute Gasteiger partial charge is 0.305 e. The van der Waals surface area contributed by atoms with Crippen molar-refractivity contribution in [3.05, 3.63) is 6.42 Å². The minimum atomic E-state index is -0.143. The summed E-state index contributed by atoms with van der Waals surface area (Å²) in [4.78, 5) is 22.0. The maximum atomic E-state index is 11.0. The summed E-state index contributed by atoms with van der Waals surface area (Å²) in [6, 6.07) is 0. The molecule has 0 saturated carbocycles. The maximum Gasteiger partial charge on any atom is 0.305 e. The zero-order valence-electron chi connectivity index (χ0n) is 10.9. The maximum absolute atomic E-state index is 11.0. The van der Waals surface area contributed by atoms with Crippen LogP contribution in [-0.2, 0) is 19.1 Å². The molecule has 0 fully saturated rings. The molecule has 0 aliphatic rings. The first kappa shape index (κ1) is 15.9. The van der Waals surface area contributed by atoms with Crippen LogP contribution in [0.1, 0.15) is 52.4 Å². The molecule has 0 aliphatic carbocycles. The number of hydrogen-bond donors (Lipinski definition) is 0. The fraction of sp³-hybridized carbons (Fsp3) is 0.769. The summed E-state index contributed by atoms with van der Waals surface area (Å²) in [6.07, 6.45) is 6.49. The van der Waals surface area contributed by atoms with E-state index in [1.165, 1.54) is 0 Å². The average Bonchev–Trinajstić information content (AvgIpc) is 2.28. The number of hydrogen-bond acceptors (Lipinski definition) is 4. The summed E-state index contributed by atoms with van der Waals surface area (Å²) in [5, 5.41) is 0. The Morgan fingerprint density at radius 3 is 2.06 bits per heavy atom. The van der Waals surface area contributed by atoms with E-state index in [4.69, 9.17) is 9.47 Å². The third kappa shape index (κ3) is 11.2. The van der Waals surface area contributed by atoms with Gasteiger partial charge in [0.1, 0.15) is 0 Å². The van der Waals surface area contributed by atoms with Crippen molar-refractivity contribution in [1.82, 2.24) is 0 Å². The predicted octanol–water partition coefficient (Wildman–Crippen LogP) is 2.66. The van der Waals surface area contributed by atoms with Gasteiger partial charge in [0.2, 0.25) is 0 Å². The Kier molecular flexibility index (Phi) is 10.7. The molecule has 0 amide bonds. The van der Waals surface area contributed by atoms with Gasteiger partial charge in [-0.05, 0) is 33.1 Å². The lowest BCUT2D eigenvalue weighted by molar-refractivity contribution is -0.144. The van der Waals surface area contributed by atoms with E-state index in [9.17, 15) is 9.59 Å². The monoisotopic (exact) mass is 243 g/mol. The second-order valence-corrected chi connectivity index (χ2v) is 3.68. The molecular formula is C13H23O4. The fourth-order valence-electron chi connectivity index (χ4n) is 1.39. The van der Waals surface area contributed by atoms with E-state index in [1.807, 2.05) is 0 Å². The van der Waals surface area contributed by atoms with Crippen molar-refractivity contribution in [3.63, 3.8) is 0 Å². The largest absolute Gasteiger partial charge is 0.466 e. The molecule has 0 bridgehead atoms. The van der Waals surface area contributed by atoms with Crippen LogP contribution in [0.15, 0.2) is 0 Å². The Morgan fingerprint density at radius 2 is 1.47 bits per heavy atom. The zero-order chi connectivity index (χ0) is 12.9. The molecule has 0 aromatic heterocycles. The minimum absolute atomic E-state index is 0.126. The highest BCUT2D eigenvalue weighted by Gasteiger charge is 2.02. The fourth-order valence-corrected chi connectivity index (χ4v) is 1.39. The summed E-state index contributed by atoms with van der Waals surface area (Å²) >= 11 is 0. The van der Waals surface area contributed by atoms with Crippen LogP contribution in [0.3, 0.4) is 0 Å². The van der Waals surface area contributed by atoms with E-state index < -0.39 is 0 Å². The van der Waals surface area contributed by atoms with Crippen LogP contribution in [0.5, 0.6) is 0 Å². The number of ether oxygens (including phenoxy) is 2. The Bertz CT molecular complexity index is 191. The second-order valence-electron chi connectivity index (χ2n) is 3.68. The number of esters is 2. The molecule has 0 N–H and O–H groups in total. The quantitative estimate of drug-likeness (QED) is 0.437. The predicted molar refractivity (Wildman–Crippen MR) is 65.3 cm³/mol. The van der Waals surface area contributed by atoms with Crippen molar-refractivity contribution < 1.29 is 19.1 Å². The second kappa shape index (κ2) is 11.4. The van der Waals surface area contributed by atoms with Crippen LogP contribution in [0.2, 0.25) is 0 Å². The van der Waals surface area contributed by atoms with Gasteiger partial charge in [0.15, 0.2) is 0 Å². The van der Waals surface area contributed by atoms with Gasteiger partial charge >= 0.3 is 11.9 Å². The van der Waals surface area contributed by atoms with Crippen LogP contribution >= 0.6 is 0 Å². The van der Waals surface area contributed by atoms with Gasteiger partial charge in [-0.15, -0.1) is 0 Å². The third-order valence-electron chi connectivity index (χ3n) is 2.20. The Morgan fingerprint density at radius 1 is 0.882 bits per heavy atom. The Balaban J connectivity index is 3.18. The Hall–Kier alpha value is -1.06. The van der Waals surface area contributed by atoms with Crippen molar-refractivity contribution >= 4 is 11.9 Å².